The SMILES string of the molecule is O=C(Nc1ccc(-c2ncc3n2CCCC3)cc1)c1ccc(=O)n(Cc2ccccc2)n1. The Bertz CT molecular complexity index is 1310. The number of benzene rings is 2. The molecule has 1 aliphatic heterocycles. The van der Waals surface area contributed by atoms with E-state index in [1.54, 1.807) is 0 Å². The summed E-state index contributed by atoms with van der Waals surface area (Å²) in [7, 11) is 0. The van der Waals surface area contributed by atoms with Crippen LogP contribution in [-0.2, 0) is 19.5 Å². The average molecular weight is 425 g/mol. The van der Waals surface area contributed by atoms with Gasteiger partial charge in [0.05, 0.1) is 6.54 Å². The van der Waals surface area contributed by atoms with Crippen molar-refractivity contribution in [3.63, 3.8) is 0 Å². The molecule has 160 valence electrons. The Labute approximate surface area is 185 Å². The Kier molecular flexibility index (Phi) is 5.37. The van der Waals surface area contributed by atoms with E-state index >= 15 is 0 Å². The third-order valence-electron chi connectivity index (χ3n) is 5.68. The Balaban J connectivity index is 1.31. The van der Waals surface area contributed by atoms with Crippen LogP contribution in [0, 0.1) is 0 Å². The lowest BCUT2D eigenvalue weighted by molar-refractivity contribution is 0.102. The molecule has 3 heterocycles. The first-order valence-corrected chi connectivity index (χ1v) is 10.8. The third kappa shape index (κ3) is 4.09. The van der Waals surface area contributed by atoms with Crippen molar-refractivity contribution in [1.29, 1.82) is 0 Å². The van der Waals surface area contributed by atoms with Crippen LogP contribution in [0.2, 0.25) is 0 Å². The number of hydrogen-bond acceptors (Lipinski definition) is 4. The van der Waals surface area contributed by atoms with Crippen LogP contribution < -0.4 is 10.9 Å². The molecule has 0 unspecified atom stereocenters. The minimum Gasteiger partial charge on any atom is -0.328 e. The number of aryl methyl sites for hydroxylation is 1. The molecule has 0 saturated carbocycles. The van der Waals surface area contributed by atoms with Crippen molar-refractivity contribution in [1.82, 2.24) is 19.3 Å². The Hall–Kier alpha value is -4.00. The summed E-state index contributed by atoms with van der Waals surface area (Å²) in [6.45, 7) is 1.30. The molecular formula is C25H23N5O2. The molecule has 0 aliphatic carbocycles. The molecule has 0 fully saturated rings. The molecule has 7 heteroatoms. The van der Waals surface area contributed by atoms with Gasteiger partial charge in [0.1, 0.15) is 11.5 Å². The summed E-state index contributed by atoms with van der Waals surface area (Å²) in [4.78, 5) is 29.5. The molecule has 1 aliphatic rings. The van der Waals surface area contributed by atoms with E-state index in [9.17, 15) is 9.59 Å². The molecule has 0 saturated heterocycles. The van der Waals surface area contributed by atoms with Gasteiger partial charge in [0.2, 0.25) is 0 Å². The smallest absolute Gasteiger partial charge is 0.276 e. The zero-order valence-corrected chi connectivity index (χ0v) is 17.6. The fourth-order valence-corrected chi connectivity index (χ4v) is 4.00. The summed E-state index contributed by atoms with van der Waals surface area (Å²) in [5, 5.41) is 7.11. The van der Waals surface area contributed by atoms with E-state index in [1.807, 2.05) is 60.8 Å². The predicted molar refractivity (Wildman–Crippen MR) is 123 cm³/mol. The topological polar surface area (TPSA) is 81.8 Å². The second-order valence-electron chi connectivity index (χ2n) is 7.91. The summed E-state index contributed by atoms with van der Waals surface area (Å²) in [5.74, 6) is 0.602. The van der Waals surface area contributed by atoms with Gasteiger partial charge in [-0.25, -0.2) is 9.67 Å². The Morgan fingerprint density at radius 3 is 2.59 bits per heavy atom. The van der Waals surface area contributed by atoms with Crippen molar-refractivity contribution in [2.75, 3.05) is 5.32 Å². The second kappa shape index (κ2) is 8.63. The number of hydrogen-bond donors (Lipinski definition) is 1. The van der Waals surface area contributed by atoms with E-state index in [-0.39, 0.29) is 17.2 Å². The number of aromatic nitrogens is 4. The van der Waals surface area contributed by atoms with Gasteiger partial charge in [-0.3, -0.25) is 9.59 Å². The highest BCUT2D eigenvalue weighted by atomic mass is 16.2. The van der Waals surface area contributed by atoms with Crippen LogP contribution in [0.1, 0.15) is 34.6 Å². The van der Waals surface area contributed by atoms with E-state index in [0.717, 1.165) is 29.9 Å². The number of anilines is 1. The largest absolute Gasteiger partial charge is 0.328 e. The van der Waals surface area contributed by atoms with Crippen molar-refractivity contribution in [2.45, 2.75) is 32.4 Å². The normalized spacial score (nSPS) is 12.9. The molecule has 0 spiro atoms. The number of carbonyl (C=O) groups is 1. The second-order valence-corrected chi connectivity index (χ2v) is 7.91. The lowest BCUT2D eigenvalue weighted by Crippen LogP contribution is -2.26. The van der Waals surface area contributed by atoms with Crippen LogP contribution in [0.4, 0.5) is 5.69 Å². The molecular weight excluding hydrogens is 402 g/mol. The number of amides is 1. The van der Waals surface area contributed by atoms with Crippen molar-refractivity contribution < 1.29 is 4.79 Å². The summed E-state index contributed by atoms with van der Waals surface area (Å²) in [5.41, 5.74) is 3.83. The van der Waals surface area contributed by atoms with Gasteiger partial charge in [0, 0.05) is 35.8 Å². The highest BCUT2D eigenvalue weighted by molar-refractivity contribution is 6.02. The highest BCUT2D eigenvalue weighted by Crippen LogP contribution is 2.25. The first-order valence-electron chi connectivity index (χ1n) is 10.8. The number of nitrogens with one attached hydrogen (secondary N) is 1. The molecule has 0 atom stereocenters. The quantitative estimate of drug-likeness (QED) is 0.528. The fourth-order valence-electron chi connectivity index (χ4n) is 4.00. The van der Waals surface area contributed by atoms with Crippen molar-refractivity contribution in [3.05, 3.63) is 100 Å². The standard InChI is InChI=1S/C25H23N5O2/c31-23-14-13-22(28-30(23)17-18-6-2-1-3-7-18)25(32)27-20-11-9-19(10-12-20)24-26-16-21-8-4-5-15-29(21)24/h1-3,6-7,9-14,16H,4-5,8,15,17H2,(H,27,32). The molecule has 1 amide bonds. The predicted octanol–water partition coefficient (Wildman–Crippen LogP) is 3.74. The van der Waals surface area contributed by atoms with E-state index < -0.39 is 0 Å². The van der Waals surface area contributed by atoms with Gasteiger partial charge in [0.15, 0.2) is 0 Å². The maximum Gasteiger partial charge on any atom is 0.276 e. The molecule has 2 aromatic heterocycles. The number of rotatable bonds is 5. The van der Waals surface area contributed by atoms with Gasteiger partial charge in [0.25, 0.3) is 11.5 Å². The molecule has 5 rings (SSSR count). The summed E-state index contributed by atoms with van der Waals surface area (Å²) >= 11 is 0. The van der Waals surface area contributed by atoms with Crippen LogP contribution in [0.3, 0.4) is 0 Å². The molecule has 7 nitrogen and oxygen atoms in total. The molecule has 2 aromatic carbocycles. The Morgan fingerprint density at radius 2 is 1.78 bits per heavy atom. The monoisotopic (exact) mass is 425 g/mol. The highest BCUT2D eigenvalue weighted by Gasteiger charge is 2.15. The van der Waals surface area contributed by atoms with Gasteiger partial charge < -0.3 is 9.88 Å². The number of carbonyl (C=O) groups excluding carboxylic acids is 1. The first kappa shape index (κ1) is 19.9. The van der Waals surface area contributed by atoms with E-state index in [0.29, 0.717) is 12.2 Å². The van der Waals surface area contributed by atoms with Crippen LogP contribution in [-0.4, -0.2) is 25.2 Å². The number of imidazole rings is 1. The lowest BCUT2D eigenvalue weighted by atomic mass is 10.1. The molecule has 0 bridgehead atoms. The van der Waals surface area contributed by atoms with Crippen molar-refractivity contribution in [3.8, 4) is 11.4 Å². The summed E-state index contributed by atoms with van der Waals surface area (Å²) in [6, 6.07) is 20.0. The van der Waals surface area contributed by atoms with Gasteiger partial charge in [-0.1, -0.05) is 30.3 Å². The molecule has 32 heavy (non-hydrogen) atoms. The van der Waals surface area contributed by atoms with Gasteiger partial charge in [-0.2, -0.15) is 5.10 Å². The fraction of sp³-hybridized carbons (Fsp3) is 0.200. The lowest BCUT2D eigenvalue weighted by Gasteiger charge is -2.16. The van der Waals surface area contributed by atoms with Gasteiger partial charge in [-0.15, -0.1) is 0 Å². The first-order chi connectivity index (χ1) is 15.7. The molecule has 1 N–H and O–H groups in total. The Morgan fingerprint density at radius 1 is 0.969 bits per heavy atom. The van der Waals surface area contributed by atoms with Crippen LogP contribution in [0.25, 0.3) is 11.4 Å². The summed E-state index contributed by atoms with van der Waals surface area (Å²) < 4.78 is 3.58. The van der Waals surface area contributed by atoms with E-state index in [2.05, 4.69) is 20.0 Å². The minimum absolute atomic E-state index is 0.187. The number of fused-ring (bicyclic) bond motifs is 1. The summed E-state index contributed by atoms with van der Waals surface area (Å²) in [6.07, 6.45) is 5.41. The molecule has 0 radical (unpaired) electrons. The molecule has 4 aromatic rings. The van der Waals surface area contributed by atoms with E-state index in [4.69, 9.17) is 0 Å². The van der Waals surface area contributed by atoms with Gasteiger partial charge >= 0.3 is 0 Å². The van der Waals surface area contributed by atoms with Crippen LogP contribution in [0.5, 0.6) is 0 Å². The maximum atomic E-state index is 12.7. The van der Waals surface area contributed by atoms with Crippen molar-refractivity contribution in [2.24, 2.45) is 0 Å². The number of nitrogens with zero attached hydrogens (tertiary/aromatic N) is 4. The van der Waals surface area contributed by atoms with Crippen LogP contribution in [0.15, 0.2) is 77.7 Å². The van der Waals surface area contributed by atoms with E-state index in [1.165, 1.54) is 35.4 Å². The third-order valence-corrected chi connectivity index (χ3v) is 5.68. The van der Waals surface area contributed by atoms with Crippen LogP contribution >= 0.6 is 0 Å². The average Bonchev–Trinajstić information content (AvgIpc) is 3.26. The van der Waals surface area contributed by atoms with Crippen molar-refractivity contribution >= 4 is 11.6 Å². The minimum atomic E-state index is -0.363. The zero-order valence-electron chi connectivity index (χ0n) is 17.6. The maximum absolute atomic E-state index is 12.7. The van der Waals surface area contributed by atoms with Gasteiger partial charge in [-0.05, 0) is 55.2 Å². The zero-order chi connectivity index (χ0) is 21.9.